The summed E-state index contributed by atoms with van der Waals surface area (Å²) in [4.78, 5) is 26.2. The van der Waals surface area contributed by atoms with Crippen LogP contribution in [0.1, 0.15) is 29.7 Å². The third kappa shape index (κ3) is 3.36. The van der Waals surface area contributed by atoms with Gasteiger partial charge < -0.3 is 9.47 Å². The van der Waals surface area contributed by atoms with E-state index >= 15 is 0 Å². The van der Waals surface area contributed by atoms with E-state index in [2.05, 4.69) is 0 Å². The number of amides is 1. The first-order valence-electron chi connectivity index (χ1n) is 8.79. The third-order valence-corrected chi connectivity index (χ3v) is 4.74. The molecule has 0 aliphatic carbocycles. The predicted molar refractivity (Wildman–Crippen MR) is 100 cm³/mol. The summed E-state index contributed by atoms with van der Waals surface area (Å²) in [6.45, 7) is 1.89. The Bertz CT molecular complexity index is 932. The van der Waals surface area contributed by atoms with Crippen molar-refractivity contribution < 1.29 is 19.1 Å². The zero-order valence-corrected chi connectivity index (χ0v) is 14.9. The highest BCUT2D eigenvalue weighted by molar-refractivity contribution is 5.90. The van der Waals surface area contributed by atoms with Crippen molar-refractivity contribution in [3.8, 4) is 0 Å². The Labute approximate surface area is 157 Å². The summed E-state index contributed by atoms with van der Waals surface area (Å²) < 4.78 is 11.0. The molecule has 0 unspecified atom stereocenters. The van der Waals surface area contributed by atoms with E-state index in [1.54, 1.807) is 19.2 Å². The smallest absolute Gasteiger partial charge is 0.414 e. The van der Waals surface area contributed by atoms with Crippen LogP contribution < -0.4 is 0 Å². The van der Waals surface area contributed by atoms with Gasteiger partial charge in [-0.15, -0.1) is 0 Å². The molecule has 2 heterocycles. The van der Waals surface area contributed by atoms with Gasteiger partial charge >= 0.3 is 12.1 Å². The van der Waals surface area contributed by atoms with Crippen molar-refractivity contribution in [3.05, 3.63) is 89.1 Å². The molecule has 0 radical (unpaired) electrons. The van der Waals surface area contributed by atoms with Gasteiger partial charge in [-0.05, 0) is 35.8 Å². The van der Waals surface area contributed by atoms with Gasteiger partial charge in [-0.25, -0.2) is 9.59 Å². The van der Waals surface area contributed by atoms with E-state index in [9.17, 15) is 9.59 Å². The Morgan fingerprint density at radius 3 is 2.59 bits per heavy atom. The summed E-state index contributed by atoms with van der Waals surface area (Å²) in [5, 5.41) is 0. The number of hydrogen-bond acceptors (Lipinski definition) is 4. The molecule has 2 aliphatic heterocycles. The number of rotatable bonds is 3. The Morgan fingerprint density at radius 1 is 1.11 bits per heavy atom. The predicted octanol–water partition coefficient (Wildman–Crippen LogP) is 4.22. The maximum atomic E-state index is 12.8. The number of carbonyl (C=O) groups excluding carboxylic acids is 2. The van der Waals surface area contributed by atoms with Gasteiger partial charge in [-0.3, -0.25) is 4.90 Å². The van der Waals surface area contributed by atoms with Gasteiger partial charge in [-0.2, -0.15) is 0 Å². The molecule has 0 N–H and O–H groups in total. The molecular weight excluding hydrogens is 342 g/mol. The molecule has 2 aliphatic rings. The monoisotopic (exact) mass is 361 g/mol. The second-order valence-corrected chi connectivity index (χ2v) is 6.56. The number of ether oxygens (including phenoxy) is 2. The minimum Gasteiger partial charge on any atom is -0.452 e. The van der Waals surface area contributed by atoms with E-state index < -0.39 is 18.2 Å². The fourth-order valence-electron chi connectivity index (χ4n) is 3.36. The Balaban J connectivity index is 1.60. The fourth-order valence-corrected chi connectivity index (χ4v) is 3.36. The lowest BCUT2D eigenvalue weighted by Crippen LogP contribution is -2.39. The largest absolute Gasteiger partial charge is 0.452 e. The molecule has 0 bridgehead atoms. The quantitative estimate of drug-likeness (QED) is 0.768. The summed E-state index contributed by atoms with van der Waals surface area (Å²) in [5.41, 5.74) is 3.36. The summed E-state index contributed by atoms with van der Waals surface area (Å²) in [6, 6.07) is 16.8. The number of carbonyl (C=O) groups is 2. The lowest BCUT2D eigenvalue weighted by molar-refractivity contribution is -0.141. The normalized spacial score (nSPS) is 20.7. The molecule has 27 heavy (non-hydrogen) atoms. The third-order valence-electron chi connectivity index (χ3n) is 4.74. The van der Waals surface area contributed by atoms with Crippen molar-refractivity contribution in [3.63, 3.8) is 0 Å². The van der Waals surface area contributed by atoms with Crippen LogP contribution in [0.15, 0.2) is 72.4 Å². The van der Waals surface area contributed by atoms with E-state index in [1.807, 2.05) is 60.7 Å². The Kier molecular flexibility index (Phi) is 4.50. The minimum atomic E-state index is -0.548. The van der Waals surface area contributed by atoms with Crippen LogP contribution in [0, 0.1) is 0 Å². The Morgan fingerprint density at radius 2 is 1.85 bits per heavy atom. The average Bonchev–Trinajstić information content (AvgIpc) is 3.04. The van der Waals surface area contributed by atoms with Crippen molar-refractivity contribution in [2.75, 3.05) is 0 Å². The highest BCUT2D eigenvalue weighted by Crippen LogP contribution is 2.37. The first kappa shape index (κ1) is 17.1. The van der Waals surface area contributed by atoms with Crippen molar-refractivity contribution >= 4 is 18.1 Å². The molecule has 2 aromatic rings. The molecule has 2 atom stereocenters. The molecule has 0 aromatic heterocycles. The van der Waals surface area contributed by atoms with Crippen LogP contribution in [0.3, 0.4) is 0 Å². The van der Waals surface area contributed by atoms with Gasteiger partial charge in [0.2, 0.25) is 0 Å². The highest BCUT2D eigenvalue weighted by Gasteiger charge is 2.39. The molecule has 136 valence electrons. The van der Waals surface area contributed by atoms with Crippen LogP contribution in [-0.2, 0) is 20.9 Å². The van der Waals surface area contributed by atoms with Crippen molar-refractivity contribution in [2.45, 2.75) is 25.7 Å². The molecule has 1 amide bonds. The molecule has 5 nitrogen and oxygen atoms in total. The number of fused-ring (bicyclic) bond motifs is 1. The first-order valence-corrected chi connectivity index (χ1v) is 8.79. The van der Waals surface area contributed by atoms with Crippen molar-refractivity contribution in [1.82, 2.24) is 4.90 Å². The van der Waals surface area contributed by atoms with Crippen LogP contribution in [0.2, 0.25) is 0 Å². The number of benzene rings is 2. The minimum absolute atomic E-state index is 0.178. The van der Waals surface area contributed by atoms with E-state index in [-0.39, 0.29) is 12.6 Å². The van der Waals surface area contributed by atoms with Gasteiger partial charge in [0.15, 0.2) is 0 Å². The molecule has 0 saturated carbocycles. The number of cyclic esters (lactones) is 1. The van der Waals surface area contributed by atoms with Gasteiger partial charge in [0.05, 0.1) is 0 Å². The maximum Gasteiger partial charge on any atom is 0.414 e. The lowest BCUT2D eigenvalue weighted by atomic mass is 9.92. The number of esters is 1. The first-order chi connectivity index (χ1) is 13.1. The maximum absolute atomic E-state index is 12.8. The standard InChI is InChI=1S/C22H19NO4/c1-15-13-19(27-21(15)24)20-18-10-6-5-9-17(18)11-12-23(20)22(25)26-14-16-7-3-2-4-8-16/h2-13,19-20H,14H2,1H3/t19-,20-/m1/s1. The zero-order valence-electron chi connectivity index (χ0n) is 14.9. The molecule has 4 rings (SSSR count). The molecule has 0 saturated heterocycles. The number of hydrogen-bond donors (Lipinski definition) is 0. The molecular formula is C22H19NO4. The second kappa shape index (κ2) is 7.11. The van der Waals surface area contributed by atoms with E-state index in [0.29, 0.717) is 5.57 Å². The molecule has 5 heteroatoms. The molecule has 0 fully saturated rings. The summed E-state index contributed by atoms with van der Waals surface area (Å²) in [5.74, 6) is -0.357. The zero-order chi connectivity index (χ0) is 18.8. The highest BCUT2D eigenvalue weighted by atomic mass is 16.6. The lowest BCUT2D eigenvalue weighted by Gasteiger charge is -2.34. The van der Waals surface area contributed by atoms with E-state index in [0.717, 1.165) is 16.7 Å². The van der Waals surface area contributed by atoms with Gasteiger partial charge in [0, 0.05) is 11.8 Å². The Hall–Kier alpha value is -3.34. The van der Waals surface area contributed by atoms with Crippen molar-refractivity contribution in [1.29, 1.82) is 0 Å². The second-order valence-electron chi connectivity index (χ2n) is 6.56. The van der Waals surface area contributed by atoms with Crippen LogP contribution in [0.4, 0.5) is 4.79 Å². The summed E-state index contributed by atoms with van der Waals surface area (Å²) in [7, 11) is 0. The molecule has 2 aromatic carbocycles. The number of nitrogens with zero attached hydrogens (tertiary/aromatic N) is 1. The average molecular weight is 361 g/mol. The van der Waals surface area contributed by atoms with E-state index in [4.69, 9.17) is 9.47 Å². The van der Waals surface area contributed by atoms with Crippen LogP contribution >= 0.6 is 0 Å². The van der Waals surface area contributed by atoms with Crippen LogP contribution in [0.25, 0.3) is 6.08 Å². The van der Waals surface area contributed by atoms with Gasteiger partial charge in [0.25, 0.3) is 0 Å². The summed E-state index contributed by atoms with van der Waals surface area (Å²) in [6.07, 6.45) is 4.29. The molecule has 0 spiro atoms. The van der Waals surface area contributed by atoms with Crippen LogP contribution in [-0.4, -0.2) is 23.1 Å². The SMILES string of the molecule is CC1=C[C@H]([C@H]2c3ccccc3C=CN2C(=O)OCc2ccccc2)OC1=O. The fraction of sp³-hybridized carbons (Fsp3) is 0.182. The van der Waals surface area contributed by atoms with Crippen molar-refractivity contribution in [2.24, 2.45) is 0 Å². The van der Waals surface area contributed by atoms with E-state index in [1.165, 1.54) is 4.90 Å². The van der Waals surface area contributed by atoms with Gasteiger partial charge in [-0.1, -0.05) is 54.6 Å². The topological polar surface area (TPSA) is 55.8 Å². The van der Waals surface area contributed by atoms with Gasteiger partial charge in [0.1, 0.15) is 18.8 Å². The van der Waals surface area contributed by atoms with Crippen LogP contribution in [0.5, 0.6) is 0 Å². The summed E-state index contributed by atoms with van der Waals surface area (Å²) >= 11 is 0.